The number of esters is 1. The number of hydrogen-bond acceptors (Lipinski definition) is 9. The van der Waals surface area contributed by atoms with Crippen LogP contribution in [0, 0.1) is 23.7 Å². The average molecular weight is 564 g/mol. The highest BCUT2D eigenvalue weighted by Crippen LogP contribution is 2.36. The second-order valence-corrected chi connectivity index (χ2v) is 12.5. The van der Waals surface area contributed by atoms with Crippen molar-refractivity contribution in [1.29, 1.82) is 0 Å². The van der Waals surface area contributed by atoms with Crippen molar-refractivity contribution in [2.24, 2.45) is 23.7 Å². The predicted octanol–water partition coefficient (Wildman–Crippen LogP) is 5.00. The van der Waals surface area contributed by atoms with Crippen molar-refractivity contribution in [1.82, 2.24) is 5.32 Å². The minimum Gasteiger partial charge on any atom is -0.493 e. The number of epoxide rings is 1. The van der Waals surface area contributed by atoms with Gasteiger partial charge >= 0.3 is 5.97 Å². The van der Waals surface area contributed by atoms with E-state index in [0.29, 0.717) is 43.1 Å². The van der Waals surface area contributed by atoms with Gasteiger partial charge in [-0.1, -0.05) is 27.7 Å². The van der Waals surface area contributed by atoms with Crippen LogP contribution in [0.1, 0.15) is 78.1 Å². The standard InChI is InChI=1S/C31H49NO8/c1-18(2)21(27(33)20-11-12-24(36-9)26(15-20)37-14-10-13-35-8)16-23(25-17-22(19(3)4)29(34)38-25)32-28-30(39-28)40-31(5,6)7/h11-12,15,18-19,21-23,25,28,30,32H,10,13-14,16-17H2,1-9H3/t21-,22-,23-,25-,28?,30?/m0/s1. The molecule has 2 unspecified atom stereocenters. The summed E-state index contributed by atoms with van der Waals surface area (Å²) in [5.74, 6) is 0.663. The SMILES string of the molecule is COCCCOc1cc(C(=O)[C@@H](C[C@H](NC2OC2OC(C)(C)C)[C@@H]2C[C@@H](C(C)C)C(=O)O2)C(C)C)ccc1OC. The number of rotatable bonds is 16. The second kappa shape index (κ2) is 14.1. The summed E-state index contributed by atoms with van der Waals surface area (Å²) in [5.41, 5.74) is 0.202. The molecule has 0 radical (unpaired) electrons. The van der Waals surface area contributed by atoms with Crippen LogP contribution < -0.4 is 14.8 Å². The smallest absolute Gasteiger partial charge is 0.309 e. The number of carbonyl (C=O) groups is 2. The van der Waals surface area contributed by atoms with Crippen molar-refractivity contribution >= 4 is 11.8 Å². The molecule has 2 aliphatic heterocycles. The topological polar surface area (TPSA) is 105 Å². The molecule has 6 atom stereocenters. The molecule has 3 rings (SSSR count). The largest absolute Gasteiger partial charge is 0.493 e. The molecular formula is C31H49NO8. The van der Waals surface area contributed by atoms with E-state index in [4.69, 9.17) is 28.4 Å². The van der Waals surface area contributed by atoms with Crippen LogP contribution in [0.2, 0.25) is 0 Å². The summed E-state index contributed by atoms with van der Waals surface area (Å²) < 4.78 is 34.1. The van der Waals surface area contributed by atoms with Gasteiger partial charge in [-0.15, -0.1) is 0 Å². The van der Waals surface area contributed by atoms with Gasteiger partial charge < -0.3 is 28.4 Å². The molecule has 0 aromatic heterocycles. The van der Waals surface area contributed by atoms with Crippen LogP contribution in [-0.4, -0.2) is 69.5 Å². The molecular weight excluding hydrogens is 514 g/mol. The fraction of sp³-hybridized carbons (Fsp3) is 0.742. The molecule has 1 N–H and O–H groups in total. The number of carbonyl (C=O) groups excluding carboxylic acids is 2. The molecule has 226 valence electrons. The summed E-state index contributed by atoms with van der Waals surface area (Å²) in [6.07, 6.45) is 0.749. The summed E-state index contributed by atoms with van der Waals surface area (Å²) in [7, 11) is 3.23. The Balaban J connectivity index is 1.80. The molecule has 9 nitrogen and oxygen atoms in total. The van der Waals surface area contributed by atoms with Gasteiger partial charge in [0.1, 0.15) is 6.10 Å². The first-order chi connectivity index (χ1) is 18.8. The maximum Gasteiger partial charge on any atom is 0.309 e. The van der Waals surface area contributed by atoms with Gasteiger partial charge in [-0.3, -0.25) is 14.9 Å². The van der Waals surface area contributed by atoms with Crippen molar-refractivity contribution in [3.8, 4) is 11.5 Å². The van der Waals surface area contributed by atoms with Gasteiger partial charge in [-0.05, 0) is 63.6 Å². The lowest BCUT2D eigenvalue weighted by molar-refractivity contribution is -0.146. The van der Waals surface area contributed by atoms with Crippen LogP contribution in [-0.2, 0) is 23.7 Å². The van der Waals surface area contributed by atoms with Crippen molar-refractivity contribution in [3.05, 3.63) is 23.8 Å². The molecule has 2 aliphatic rings. The molecule has 1 aromatic rings. The molecule has 40 heavy (non-hydrogen) atoms. The monoisotopic (exact) mass is 563 g/mol. The summed E-state index contributed by atoms with van der Waals surface area (Å²) >= 11 is 0. The molecule has 0 bridgehead atoms. The fourth-order valence-corrected chi connectivity index (χ4v) is 5.11. The summed E-state index contributed by atoms with van der Waals surface area (Å²) in [6, 6.07) is 5.03. The first kappa shape index (κ1) is 32.3. The molecule has 0 aliphatic carbocycles. The minimum absolute atomic E-state index is 0.00938. The number of ketones is 1. The molecule has 1 aromatic carbocycles. The van der Waals surface area contributed by atoms with Gasteiger partial charge in [0, 0.05) is 37.7 Å². The zero-order chi connectivity index (χ0) is 29.6. The Morgan fingerprint density at radius 3 is 2.40 bits per heavy atom. The first-order valence-corrected chi connectivity index (χ1v) is 14.5. The third kappa shape index (κ3) is 8.90. The number of hydrogen-bond donors (Lipinski definition) is 1. The van der Waals surface area contributed by atoms with Gasteiger partial charge in [0.25, 0.3) is 0 Å². The van der Waals surface area contributed by atoms with E-state index in [0.717, 1.165) is 6.42 Å². The molecule has 2 fully saturated rings. The van der Waals surface area contributed by atoms with E-state index in [9.17, 15) is 9.59 Å². The number of Topliss-reactive ketones (excluding diaryl/α,β-unsaturated/α-hetero) is 1. The third-order valence-corrected chi connectivity index (χ3v) is 7.46. The maximum atomic E-state index is 13.9. The van der Waals surface area contributed by atoms with Crippen molar-refractivity contribution < 1.29 is 38.0 Å². The van der Waals surface area contributed by atoms with Gasteiger partial charge in [-0.25, -0.2) is 0 Å². The Kier molecular flexibility index (Phi) is 11.4. The van der Waals surface area contributed by atoms with Crippen molar-refractivity contribution in [3.63, 3.8) is 0 Å². The van der Waals surface area contributed by atoms with Gasteiger partial charge in [-0.2, -0.15) is 0 Å². The van der Waals surface area contributed by atoms with Gasteiger partial charge in [0.05, 0.1) is 25.2 Å². The zero-order valence-electron chi connectivity index (χ0n) is 25.7. The van der Waals surface area contributed by atoms with E-state index < -0.39 is 0 Å². The van der Waals surface area contributed by atoms with Crippen molar-refractivity contribution in [2.45, 2.75) is 98.0 Å². The Morgan fingerprint density at radius 1 is 1.10 bits per heavy atom. The lowest BCUT2D eigenvalue weighted by Gasteiger charge is -2.29. The van der Waals surface area contributed by atoms with Crippen LogP contribution in [0.15, 0.2) is 18.2 Å². The van der Waals surface area contributed by atoms with Crippen LogP contribution in [0.25, 0.3) is 0 Å². The summed E-state index contributed by atoms with van der Waals surface area (Å²) in [4.78, 5) is 26.6. The van der Waals surface area contributed by atoms with E-state index in [1.165, 1.54) is 0 Å². The second-order valence-electron chi connectivity index (χ2n) is 12.5. The van der Waals surface area contributed by atoms with Crippen LogP contribution >= 0.6 is 0 Å². The van der Waals surface area contributed by atoms with E-state index in [2.05, 4.69) is 5.32 Å². The molecule has 9 heteroatoms. The van der Waals surface area contributed by atoms with E-state index in [1.807, 2.05) is 48.5 Å². The normalized spacial score (nSPS) is 24.2. The Bertz CT molecular complexity index is 988. The maximum absolute atomic E-state index is 13.9. The average Bonchev–Trinajstić information content (AvgIpc) is 3.46. The third-order valence-electron chi connectivity index (χ3n) is 7.46. The Hall–Kier alpha value is -2.20. The number of ether oxygens (including phenoxy) is 6. The van der Waals surface area contributed by atoms with Crippen LogP contribution in [0.3, 0.4) is 0 Å². The molecule has 0 spiro atoms. The summed E-state index contributed by atoms with van der Waals surface area (Å²) in [5, 5.41) is 3.51. The highest BCUT2D eigenvalue weighted by atomic mass is 16.8. The number of methoxy groups -OCH3 is 2. The number of benzene rings is 1. The zero-order valence-corrected chi connectivity index (χ0v) is 25.7. The lowest BCUT2D eigenvalue weighted by Crippen LogP contribution is -2.45. The number of cyclic esters (lactones) is 1. The molecule has 0 amide bonds. The number of nitrogens with one attached hydrogen (secondary N) is 1. The Morgan fingerprint density at radius 2 is 1.82 bits per heavy atom. The first-order valence-electron chi connectivity index (χ1n) is 14.5. The molecule has 0 saturated carbocycles. The van der Waals surface area contributed by atoms with E-state index in [-0.39, 0.29) is 65.7 Å². The van der Waals surface area contributed by atoms with Crippen LogP contribution in [0.4, 0.5) is 0 Å². The van der Waals surface area contributed by atoms with Crippen molar-refractivity contribution in [2.75, 3.05) is 27.4 Å². The molecule has 2 saturated heterocycles. The van der Waals surface area contributed by atoms with Gasteiger partial charge in [0.2, 0.25) is 0 Å². The summed E-state index contributed by atoms with van der Waals surface area (Å²) in [6.45, 7) is 15.1. The lowest BCUT2D eigenvalue weighted by atomic mass is 9.80. The predicted molar refractivity (Wildman–Crippen MR) is 152 cm³/mol. The Labute approximate surface area is 239 Å². The van der Waals surface area contributed by atoms with Crippen LogP contribution in [0.5, 0.6) is 11.5 Å². The molecule has 2 heterocycles. The highest BCUT2D eigenvalue weighted by Gasteiger charge is 2.48. The minimum atomic E-state index is -0.381. The van der Waals surface area contributed by atoms with E-state index in [1.54, 1.807) is 32.4 Å². The quantitative estimate of drug-likeness (QED) is 0.129. The highest BCUT2D eigenvalue weighted by molar-refractivity contribution is 5.98. The van der Waals surface area contributed by atoms with E-state index >= 15 is 0 Å². The fourth-order valence-electron chi connectivity index (χ4n) is 5.11. The van der Waals surface area contributed by atoms with Gasteiger partial charge in [0.15, 0.2) is 29.8 Å².